The van der Waals surface area contributed by atoms with Gasteiger partial charge in [0.1, 0.15) is 0 Å². The van der Waals surface area contributed by atoms with Gasteiger partial charge < -0.3 is 14.9 Å². The molecule has 0 aromatic heterocycles. The van der Waals surface area contributed by atoms with Crippen molar-refractivity contribution in [3.63, 3.8) is 0 Å². The van der Waals surface area contributed by atoms with Crippen LogP contribution in [0.2, 0.25) is 0 Å². The van der Waals surface area contributed by atoms with E-state index in [1.807, 2.05) is 0 Å². The van der Waals surface area contributed by atoms with Gasteiger partial charge in [0.25, 0.3) is 0 Å². The molecule has 7 aliphatic rings. The normalized spacial score (nSPS) is 59.3. The zero-order valence-electron chi connectivity index (χ0n) is 20.6. The number of ether oxygens (including phenoxy) is 1. The summed E-state index contributed by atoms with van der Waals surface area (Å²) < 4.78 is 5.38. The van der Waals surface area contributed by atoms with Crippen molar-refractivity contribution in [3.05, 3.63) is 0 Å². The van der Waals surface area contributed by atoms with Crippen LogP contribution in [0.3, 0.4) is 0 Å². The second-order valence-corrected chi connectivity index (χ2v) is 13.5. The van der Waals surface area contributed by atoms with E-state index >= 15 is 0 Å². The van der Waals surface area contributed by atoms with Gasteiger partial charge >= 0.3 is 23.9 Å². The third-order valence-electron chi connectivity index (χ3n) is 12.9. The number of carboxylic acids is 2. The van der Waals surface area contributed by atoms with Gasteiger partial charge in [0, 0.05) is 0 Å². The fraction of sp³-hybridized carbons (Fsp3) is 0.857. The second-order valence-electron chi connectivity index (χ2n) is 13.5. The molecule has 0 amide bonds. The minimum atomic E-state index is -0.992. The Morgan fingerprint density at radius 2 is 1.17 bits per heavy atom. The molecule has 7 nitrogen and oxygen atoms in total. The number of hydrogen-bond donors (Lipinski definition) is 2. The summed E-state index contributed by atoms with van der Waals surface area (Å²) in [4.78, 5) is 50.7. The molecule has 17 atom stereocenters. The molecule has 0 spiro atoms. The molecule has 0 aromatic rings. The topological polar surface area (TPSA) is 118 Å². The maximum absolute atomic E-state index is 13.3. The fourth-order valence-corrected chi connectivity index (χ4v) is 12.3. The zero-order chi connectivity index (χ0) is 24.7. The molecule has 35 heavy (non-hydrogen) atoms. The molecular formula is C28H36O7. The molecule has 7 rings (SSSR count). The van der Waals surface area contributed by atoms with Gasteiger partial charge in [0.05, 0.1) is 23.7 Å². The predicted octanol–water partition coefficient (Wildman–Crippen LogP) is 3.42. The maximum Gasteiger partial charge on any atom is 0.317 e. The number of aliphatic carboxylic acids is 2. The van der Waals surface area contributed by atoms with E-state index in [9.17, 15) is 29.4 Å². The van der Waals surface area contributed by atoms with Crippen LogP contribution in [-0.2, 0) is 23.9 Å². The highest BCUT2D eigenvalue weighted by Gasteiger charge is 2.74. The molecule has 6 bridgehead atoms. The highest BCUT2D eigenvalue weighted by atomic mass is 16.6. The van der Waals surface area contributed by atoms with Crippen molar-refractivity contribution in [2.75, 3.05) is 0 Å². The number of carboxylic acid groups (broad SMARTS) is 2. The van der Waals surface area contributed by atoms with Gasteiger partial charge in [-0.05, 0) is 103 Å². The molecule has 7 fully saturated rings. The van der Waals surface area contributed by atoms with Crippen LogP contribution in [-0.4, -0.2) is 34.1 Å². The van der Waals surface area contributed by atoms with Crippen LogP contribution in [0.25, 0.3) is 0 Å². The van der Waals surface area contributed by atoms with Gasteiger partial charge in [-0.15, -0.1) is 0 Å². The van der Waals surface area contributed by atoms with Crippen molar-refractivity contribution in [3.8, 4) is 0 Å². The summed E-state index contributed by atoms with van der Waals surface area (Å²) in [6.07, 6.45) is 3.88. The number of esters is 2. The number of carbonyl (C=O) groups excluding carboxylic acids is 2. The Kier molecular flexibility index (Phi) is 4.52. The van der Waals surface area contributed by atoms with Crippen molar-refractivity contribution in [1.82, 2.24) is 0 Å². The Bertz CT molecular complexity index is 1020. The molecule has 0 aromatic carbocycles. The molecule has 7 heteroatoms. The van der Waals surface area contributed by atoms with Crippen LogP contribution >= 0.6 is 0 Å². The molecule has 0 radical (unpaired) electrons. The third-order valence-corrected chi connectivity index (χ3v) is 12.9. The Hall–Kier alpha value is -1.92. The summed E-state index contributed by atoms with van der Waals surface area (Å²) in [6.45, 7) is 6.77. The van der Waals surface area contributed by atoms with Crippen LogP contribution in [0, 0.1) is 101 Å². The highest BCUT2D eigenvalue weighted by molar-refractivity contribution is 5.97. The van der Waals surface area contributed by atoms with E-state index in [0.717, 1.165) is 19.3 Å². The van der Waals surface area contributed by atoms with Gasteiger partial charge in [-0.25, -0.2) is 0 Å². The minimum absolute atomic E-state index is 0.0334. The lowest BCUT2D eigenvalue weighted by Gasteiger charge is -2.47. The smallest absolute Gasteiger partial charge is 0.317 e. The first-order valence-corrected chi connectivity index (χ1v) is 13.8. The van der Waals surface area contributed by atoms with Gasteiger partial charge in [-0.1, -0.05) is 20.8 Å². The first-order chi connectivity index (χ1) is 16.6. The van der Waals surface area contributed by atoms with Gasteiger partial charge in [-0.3, -0.25) is 19.2 Å². The van der Waals surface area contributed by atoms with Crippen LogP contribution in [0.1, 0.15) is 46.5 Å². The molecule has 1 heterocycles. The van der Waals surface area contributed by atoms with Crippen molar-refractivity contribution in [2.45, 2.75) is 46.5 Å². The van der Waals surface area contributed by atoms with Crippen molar-refractivity contribution in [1.29, 1.82) is 0 Å². The molecular weight excluding hydrogens is 448 g/mol. The van der Waals surface area contributed by atoms with Crippen LogP contribution in [0.15, 0.2) is 0 Å². The van der Waals surface area contributed by atoms with Gasteiger partial charge in [0.2, 0.25) is 0 Å². The first kappa shape index (κ1) is 22.3. The van der Waals surface area contributed by atoms with E-state index in [1.165, 1.54) is 0 Å². The quantitative estimate of drug-likeness (QED) is 0.357. The second kappa shape index (κ2) is 7.10. The number of cyclic esters (lactones) is 2. The van der Waals surface area contributed by atoms with Crippen molar-refractivity contribution in [2.24, 2.45) is 101 Å². The first-order valence-electron chi connectivity index (χ1n) is 13.8. The van der Waals surface area contributed by atoms with Crippen LogP contribution in [0.5, 0.6) is 0 Å². The average molecular weight is 485 g/mol. The summed E-state index contributed by atoms with van der Waals surface area (Å²) in [7, 11) is 0. The summed E-state index contributed by atoms with van der Waals surface area (Å²) in [5, 5.41) is 19.9. The monoisotopic (exact) mass is 484 g/mol. The number of fused-ring (bicyclic) bond motifs is 11. The third kappa shape index (κ3) is 2.58. The lowest BCUT2D eigenvalue weighted by molar-refractivity contribution is -0.161. The molecule has 1 aliphatic heterocycles. The van der Waals surface area contributed by atoms with Crippen LogP contribution in [0.4, 0.5) is 0 Å². The van der Waals surface area contributed by atoms with Crippen molar-refractivity contribution < 1.29 is 34.1 Å². The van der Waals surface area contributed by atoms with E-state index in [-0.39, 0.29) is 65.2 Å². The molecule has 6 aliphatic carbocycles. The molecule has 190 valence electrons. The number of hydrogen-bond acceptors (Lipinski definition) is 5. The number of carbonyl (C=O) groups is 4. The van der Waals surface area contributed by atoms with E-state index in [2.05, 4.69) is 20.8 Å². The Morgan fingerprint density at radius 1 is 0.657 bits per heavy atom. The SMILES string of the molecule is CC1CC2CC1C(C)C2C1C(=O)OC(=O)C1C1C(C)C2CC1C1C3CC(C(C(=O)O)C3C(=O)O)C21. The Labute approximate surface area is 205 Å². The van der Waals surface area contributed by atoms with Crippen molar-refractivity contribution >= 4 is 23.9 Å². The molecule has 1 saturated heterocycles. The Morgan fingerprint density at radius 3 is 1.71 bits per heavy atom. The summed E-state index contributed by atoms with van der Waals surface area (Å²) >= 11 is 0. The average Bonchev–Trinajstić information content (AvgIpc) is 3.59. The fourth-order valence-electron chi connectivity index (χ4n) is 12.3. The predicted molar refractivity (Wildman–Crippen MR) is 121 cm³/mol. The summed E-state index contributed by atoms with van der Waals surface area (Å²) in [6, 6.07) is 0. The Balaban J connectivity index is 1.23. The number of rotatable bonds is 4. The summed E-state index contributed by atoms with van der Waals surface area (Å²) in [5.74, 6) is -1.78. The van der Waals surface area contributed by atoms with E-state index in [1.54, 1.807) is 0 Å². The van der Waals surface area contributed by atoms with E-state index < -0.39 is 29.7 Å². The largest absolute Gasteiger partial charge is 0.481 e. The maximum atomic E-state index is 13.3. The summed E-state index contributed by atoms with van der Waals surface area (Å²) in [5.41, 5.74) is 0. The zero-order valence-corrected chi connectivity index (χ0v) is 20.6. The molecule has 2 N–H and O–H groups in total. The van der Waals surface area contributed by atoms with Gasteiger partial charge in [0.15, 0.2) is 0 Å². The lowest BCUT2D eigenvalue weighted by Crippen LogP contribution is -2.50. The van der Waals surface area contributed by atoms with E-state index in [0.29, 0.717) is 36.0 Å². The highest BCUT2D eigenvalue weighted by Crippen LogP contribution is 2.74. The standard InChI is InChI=1S/C28H36O7/c1-8-4-11-5-12(8)9(2)17(11)23-24(28(34)35-27(23)33)18-10(3)13-6-14(18)20-16-7-15(19(13)20)21(25(29)30)22(16)26(31)32/h8-24H,4-7H2,1-3H3,(H,29,30)(H,31,32). The van der Waals surface area contributed by atoms with Crippen LogP contribution < -0.4 is 0 Å². The van der Waals surface area contributed by atoms with Gasteiger partial charge in [-0.2, -0.15) is 0 Å². The molecule has 17 unspecified atom stereocenters. The lowest BCUT2D eigenvalue weighted by atomic mass is 9.55. The molecule has 6 saturated carbocycles. The minimum Gasteiger partial charge on any atom is -0.481 e. The van der Waals surface area contributed by atoms with E-state index in [4.69, 9.17) is 4.74 Å².